The van der Waals surface area contributed by atoms with Crippen molar-refractivity contribution >= 4 is 32.9 Å². The zero-order chi connectivity index (χ0) is 11.7. The standard InChI is InChI=1S/C11H12BrN3O/c1-14(2)11(16)6-15-7-13-9-5-8(12)3-4-10(9)15/h3-5,7H,6H2,1-2H3. The SMILES string of the molecule is CN(C)C(=O)Cn1cnc2cc(Br)ccc21. The summed E-state index contributed by atoms with van der Waals surface area (Å²) < 4.78 is 2.84. The molecule has 0 N–H and O–H groups in total. The van der Waals surface area contributed by atoms with E-state index in [1.54, 1.807) is 25.3 Å². The van der Waals surface area contributed by atoms with Crippen LogP contribution >= 0.6 is 15.9 Å². The number of nitrogens with zero attached hydrogens (tertiary/aromatic N) is 3. The van der Waals surface area contributed by atoms with E-state index in [-0.39, 0.29) is 5.91 Å². The van der Waals surface area contributed by atoms with Gasteiger partial charge in [-0.3, -0.25) is 4.79 Å². The maximum Gasteiger partial charge on any atom is 0.242 e. The molecule has 0 spiro atoms. The molecule has 2 rings (SSSR count). The number of halogens is 1. The first-order valence-electron chi connectivity index (χ1n) is 4.88. The van der Waals surface area contributed by atoms with Gasteiger partial charge in [-0.1, -0.05) is 15.9 Å². The Morgan fingerprint density at radius 1 is 1.50 bits per heavy atom. The fourth-order valence-corrected chi connectivity index (χ4v) is 1.80. The molecule has 16 heavy (non-hydrogen) atoms. The Labute approximate surface area is 102 Å². The molecule has 5 heteroatoms. The summed E-state index contributed by atoms with van der Waals surface area (Å²) in [5, 5.41) is 0. The van der Waals surface area contributed by atoms with Crippen molar-refractivity contribution in [3.05, 3.63) is 29.0 Å². The van der Waals surface area contributed by atoms with Crippen LogP contribution in [0.3, 0.4) is 0 Å². The van der Waals surface area contributed by atoms with E-state index in [2.05, 4.69) is 20.9 Å². The van der Waals surface area contributed by atoms with Crippen LogP contribution in [0.1, 0.15) is 0 Å². The van der Waals surface area contributed by atoms with Crippen molar-refractivity contribution in [3.63, 3.8) is 0 Å². The first-order valence-corrected chi connectivity index (χ1v) is 5.68. The average molecular weight is 282 g/mol. The molecule has 0 saturated carbocycles. The Morgan fingerprint density at radius 3 is 2.94 bits per heavy atom. The topological polar surface area (TPSA) is 38.1 Å². The molecule has 1 aromatic carbocycles. The second-order valence-electron chi connectivity index (χ2n) is 3.79. The molecule has 0 saturated heterocycles. The van der Waals surface area contributed by atoms with Gasteiger partial charge in [-0.2, -0.15) is 0 Å². The van der Waals surface area contributed by atoms with E-state index >= 15 is 0 Å². The second kappa shape index (κ2) is 4.25. The van der Waals surface area contributed by atoms with Gasteiger partial charge in [0.05, 0.1) is 17.4 Å². The molecule has 0 aliphatic rings. The van der Waals surface area contributed by atoms with Crippen molar-refractivity contribution < 1.29 is 4.79 Å². The smallest absolute Gasteiger partial charge is 0.242 e. The number of hydrogen-bond acceptors (Lipinski definition) is 2. The lowest BCUT2D eigenvalue weighted by Gasteiger charge is -2.10. The zero-order valence-electron chi connectivity index (χ0n) is 9.14. The van der Waals surface area contributed by atoms with Crippen LogP contribution in [0, 0.1) is 0 Å². The van der Waals surface area contributed by atoms with Gasteiger partial charge in [0.25, 0.3) is 0 Å². The van der Waals surface area contributed by atoms with Crippen LogP contribution in [-0.2, 0) is 11.3 Å². The third-order valence-electron chi connectivity index (χ3n) is 2.39. The molecule has 0 bridgehead atoms. The second-order valence-corrected chi connectivity index (χ2v) is 4.71. The maximum absolute atomic E-state index is 11.6. The summed E-state index contributed by atoms with van der Waals surface area (Å²) in [5.74, 6) is 0.0576. The van der Waals surface area contributed by atoms with Gasteiger partial charge in [-0.05, 0) is 18.2 Å². The van der Waals surface area contributed by atoms with Crippen LogP contribution in [0.5, 0.6) is 0 Å². The Hall–Kier alpha value is -1.36. The van der Waals surface area contributed by atoms with Crippen LogP contribution in [0.2, 0.25) is 0 Å². The highest BCUT2D eigenvalue weighted by molar-refractivity contribution is 9.10. The van der Waals surface area contributed by atoms with Crippen molar-refractivity contribution in [2.45, 2.75) is 6.54 Å². The van der Waals surface area contributed by atoms with Crippen molar-refractivity contribution in [2.75, 3.05) is 14.1 Å². The molecule has 1 amide bonds. The first kappa shape index (κ1) is 11.1. The minimum Gasteiger partial charge on any atom is -0.347 e. The molecule has 1 aromatic heterocycles. The summed E-state index contributed by atoms with van der Waals surface area (Å²) in [5.41, 5.74) is 1.86. The predicted octanol–water partition coefficient (Wildman–Crippen LogP) is 1.89. The number of likely N-dealkylation sites (N-methyl/N-ethyl adjacent to an activating group) is 1. The summed E-state index contributed by atoms with van der Waals surface area (Å²) in [4.78, 5) is 17.4. The van der Waals surface area contributed by atoms with Crippen LogP contribution < -0.4 is 0 Å². The highest BCUT2D eigenvalue weighted by atomic mass is 79.9. The van der Waals surface area contributed by atoms with E-state index in [0.717, 1.165) is 15.5 Å². The molecule has 84 valence electrons. The van der Waals surface area contributed by atoms with Gasteiger partial charge in [0.2, 0.25) is 5.91 Å². The highest BCUT2D eigenvalue weighted by Gasteiger charge is 2.08. The molecule has 0 fully saturated rings. The zero-order valence-corrected chi connectivity index (χ0v) is 10.7. The molecule has 0 radical (unpaired) electrons. The number of imidazole rings is 1. The van der Waals surface area contributed by atoms with Gasteiger partial charge >= 0.3 is 0 Å². The fraction of sp³-hybridized carbons (Fsp3) is 0.273. The van der Waals surface area contributed by atoms with E-state index in [1.165, 1.54) is 0 Å². The average Bonchev–Trinajstić information content (AvgIpc) is 2.60. The van der Waals surface area contributed by atoms with Crippen LogP contribution in [0.4, 0.5) is 0 Å². The Balaban J connectivity index is 2.35. The van der Waals surface area contributed by atoms with Gasteiger partial charge in [-0.25, -0.2) is 4.98 Å². The molecule has 2 aromatic rings. The molecule has 0 atom stereocenters. The number of aromatic nitrogens is 2. The van der Waals surface area contributed by atoms with Crippen molar-refractivity contribution in [1.82, 2.24) is 14.5 Å². The summed E-state index contributed by atoms with van der Waals surface area (Å²) in [6.07, 6.45) is 1.69. The van der Waals surface area contributed by atoms with E-state index in [9.17, 15) is 4.79 Å². The van der Waals surface area contributed by atoms with Gasteiger partial charge in [-0.15, -0.1) is 0 Å². The van der Waals surface area contributed by atoms with Gasteiger partial charge in [0, 0.05) is 18.6 Å². The molecule has 1 heterocycles. The van der Waals surface area contributed by atoms with E-state index in [4.69, 9.17) is 0 Å². The minimum atomic E-state index is 0.0576. The number of carbonyl (C=O) groups excluding carboxylic acids is 1. The minimum absolute atomic E-state index is 0.0576. The number of rotatable bonds is 2. The van der Waals surface area contributed by atoms with Gasteiger partial charge in [0.15, 0.2) is 0 Å². The predicted molar refractivity (Wildman–Crippen MR) is 66.1 cm³/mol. The largest absolute Gasteiger partial charge is 0.347 e. The molecule has 0 aliphatic carbocycles. The summed E-state index contributed by atoms with van der Waals surface area (Å²) in [7, 11) is 3.50. The molecular weight excluding hydrogens is 270 g/mol. The molecule has 0 unspecified atom stereocenters. The van der Waals surface area contributed by atoms with Gasteiger partial charge < -0.3 is 9.47 Å². The lowest BCUT2D eigenvalue weighted by molar-refractivity contribution is -0.129. The third kappa shape index (κ3) is 2.09. The normalized spacial score (nSPS) is 10.7. The summed E-state index contributed by atoms with van der Waals surface area (Å²) in [6, 6.07) is 5.84. The Kier molecular flexibility index (Phi) is 2.96. The van der Waals surface area contributed by atoms with Crippen LogP contribution in [-0.4, -0.2) is 34.5 Å². The number of hydrogen-bond donors (Lipinski definition) is 0. The van der Waals surface area contributed by atoms with Crippen molar-refractivity contribution in [1.29, 1.82) is 0 Å². The van der Waals surface area contributed by atoms with Crippen molar-refractivity contribution in [3.8, 4) is 0 Å². The molecule has 4 nitrogen and oxygen atoms in total. The van der Waals surface area contributed by atoms with Crippen LogP contribution in [0.25, 0.3) is 11.0 Å². The number of amides is 1. The maximum atomic E-state index is 11.6. The monoisotopic (exact) mass is 281 g/mol. The number of benzene rings is 1. The lowest BCUT2D eigenvalue weighted by atomic mass is 10.3. The fourth-order valence-electron chi connectivity index (χ4n) is 1.45. The number of carbonyl (C=O) groups is 1. The molecular formula is C11H12BrN3O. The quantitative estimate of drug-likeness (QED) is 0.843. The Bertz CT molecular complexity index is 533. The lowest BCUT2D eigenvalue weighted by Crippen LogP contribution is -2.25. The first-order chi connectivity index (χ1) is 7.58. The summed E-state index contributed by atoms with van der Waals surface area (Å²) in [6.45, 7) is 0.325. The van der Waals surface area contributed by atoms with E-state index in [0.29, 0.717) is 6.54 Å². The summed E-state index contributed by atoms with van der Waals surface area (Å²) >= 11 is 3.39. The number of fused-ring (bicyclic) bond motifs is 1. The highest BCUT2D eigenvalue weighted by Crippen LogP contribution is 2.18. The van der Waals surface area contributed by atoms with E-state index in [1.807, 2.05) is 22.8 Å². The van der Waals surface area contributed by atoms with Crippen molar-refractivity contribution in [2.24, 2.45) is 0 Å². The van der Waals surface area contributed by atoms with Crippen LogP contribution in [0.15, 0.2) is 29.0 Å². The molecule has 0 aliphatic heterocycles. The third-order valence-corrected chi connectivity index (χ3v) is 2.88. The van der Waals surface area contributed by atoms with E-state index < -0.39 is 0 Å². The van der Waals surface area contributed by atoms with Gasteiger partial charge in [0.1, 0.15) is 6.54 Å². The Morgan fingerprint density at radius 2 is 2.25 bits per heavy atom.